The molecule has 0 aliphatic carbocycles. The summed E-state index contributed by atoms with van der Waals surface area (Å²) in [5.74, 6) is 0.455. The average Bonchev–Trinajstić information content (AvgIpc) is 2.53. The highest BCUT2D eigenvalue weighted by Crippen LogP contribution is 2.07. The molecule has 0 aliphatic heterocycles. The summed E-state index contributed by atoms with van der Waals surface area (Å²) in [7, 11) is 1.65. The fraction of sp³-hybridized carbons (Fsp3) is 0.562. The van der Waals surface area contributed by atoms with Gasteiger partial charge in [0.05, 0.1) is 19.8 Å². The fourth-order valence-electron chi connectivity index (χ4n) is 1.76. The van der Waals surface area contributed by atoms with Gasteiger partial charge in [0.1, 0.15) is 5.82 Å². The van der Waals surface area contributed by atoms with Gasteiger partial charge in [-0.15, -0.1) is 0 Å². The van der Waals surface area contributed by atoms with E-state index in [1.807, 2.05) is 13.0 Å². The van der Waals surface area contributed by atoms with E-state index in [0.717, 1.165) is 19.5 Å². The van der Waals surface area contributed by atoms with Gasteiger partial charge in [0.15, 0.2) is 5.96 Å². The number of halogens is 1. The Bertz CT molecular complexity index is 441. The van der Waals surface area contributed by atoms with Crippen LogP contribution in [-0.2, 0) is 16.0 Å². The first-order valence-corrected chi connectivity index (χ1v) is 7.60. The van der Waals surface area contributed by atoms with Crippen LogP contribution in [0.4, 0.5) is 4.39 Å². The molecular formula is C16H26FN3O2. The summed E-state index contributed by atoms with van der Waals surface area (Å²) in [4.78, 5) is 4.39. The average molecular weight is 311 g/mol. The minimum absolute atomic E-state index is 0.228. The molecular weight excluding hydrogens is 285 g/mol. The molecule has 0 amide bonds. The van der Waals surface area contributed by atoms with Gasteiger partial charge in [0.2, 0.25) is 0 Å². The smallest absolute Gasteiger partial charge is 0.191 e. The van der Waals surface area contributed by atoms with Crippen molar-refractivity contribution < 1.29 is 13.9 Å². The fourth-order valence-corrected chi connectivity index (χ4v) is 1.76. The number of rotatable bonds is 10. The summed E-state index contributed by atoms with van der Waals surface area (Å²) < 4.78 is 23.8. The van der Waals surface area contributed by atoms with E-state index >= 15 is 0 Å². The van der Waals surface area contributed by atoms with E-state index in [9.17, 15) is 4.39 Å². The third-order valence-electron chi connectivity index (χ3n) is 2.90. The number of hydrogen-bond acceptors (Lipinski definition) is 3. The normalized spacial score (nSPS) is 11.5. The van der Waals surface area contributed by atoms with Gasteiger partial charge in [-0.1, -0.05) is 18.2 Å². The number of nitrogens with zero attached hydrogens (tertiary/aromatic N) is 1. The van der Waals surface area contributed by atoms with Crippen LogP contribution in [0.5, 0.6) is 0 Å². The summed E-state index contributed by atoms with van der Waals surface area (Å²) in [5.41, 5.74) is 0.586. The number of methoxy groups -OCH3 is 1. The molecule has 1 aromatic rings. The lowest BCUT2D eigenvalue weighted by molar-refractivity contribution is 0.0698. The molecule has 0 fully saturated rings. The third kappa shape index (κ3) is 7.95. The predicted octanol–water partition coefficient (Wildman–Crippen LogP) is 1.93. The molecule has 1 aromatic carbocycles. The van der Waals surface area contributed by atoms with Crippen molar-refractivity contribution in [2.45, 2.75) is 19.9 Å². The SMILES string of the molecule is CCNC(=NCc1ccccc1F)NCCCOCCOC. The van der Waals surface area contributed by atoms with Gasteiger partial charge in [-0.05, 0) is 19.4 Å². The molecule has 0 saturated carbocycles. The minimum Gasteiger partial charge on any atom is -0.382 e. The molecule has 6 heteroatoms. The maximum absolute atomic E-state index is 13.5. The van der Waals surface area contributed by atoms with Gasteiger partial charge >= 0.3 is 0 Å². The van der Waals surface area contributed by atoms with Crippen LogP contribution >= 0.6 is 0 Å². The van der Waals surface area contributed by atoms with Crippen molar-refractivity contribution in [3.05, 3.63) is 35.6 Å². The number of ether oxygens (including phenoxy) is 2. The third-order valence-corrected chi connectivity index (χ3v) is 2.90. The van der Waals surface area contributed by atoms with Crippen LogP contribution in [0.15, 0.2) is 29.3 Å². The Labute approximate surface area is 131 Å². The molecule has 2 N–H and O–H groups in total. The lowest BCUT2D eigenvalue weighted by Crippen LogP contribution is -2.38. The van der Waals surface area contributed by atoms with Gasteiger partial charge < -0.3 is 20.1 Å². The highest BCUT2D eigenvalue weighted by atomic mass is 19.1. The van der Waals surface area contributed by atoms with Crippen LogP contribution in [0.2, 0.25) is 0 Å². The van der Waals surface area contributed by atoms with Crippen molar-refractivity contribution >= 4 is 5.96 Å². The van der Waals surface area contributed by atoms with Crippen LogP contribution in [0.25, 0.3) is 0 Å². The molecule has 0 aliphatic rings. The van der Waals surface area contributed by atoms with E-state index < -0.39 is 0 Å². The molecule has 0 unspecified atom stereocenters. The minimum atomic E-state index is -0.228. The largest absolute Gasteiger partial charge is 0.382 e. The van der Waals surface area contributed by atoms with E-state index in [1.54, 1.807) is 19.2 Å². The first-order chi connectivity index (χ1) is 10.8. The van der Waals surface area contributed by atoms with Gasteiger partial charge in [-0.25, -0.2) is 9.38 Å². The lowest BCUT2D eigenvalue weighted by atomic mass is 10.2. The van der Waals surface area contributed by atoms with Crippen molar-refractivity contribution in [1.82, 2.24) is 10.6 Å². The molecule has 0 aromatic heterocycles. The molecule has 0 bridgehead atoms. The zero-order valence-electron chi connectivity index (χ0n) is 13.4. The van der Waals surface area contributed by atoms with E-state index in [4.69, 9.17) is 9.47 Å². The molecule has 5 nitrogen and oxygen atoms in total. The molecule has 0 heterocycles. The summed E-state index contributed by atoms with van der Waals surface area (Å²) >= 11 is 0. The van der Waals surface area contributed by atoms with Crippen molar-refractivity contribution in [3.8, 4) is 0 Å². The number of benzene rings is 1. The standard InChI is InChI=1S/C16H26FN3O2/c1-3-18-16(19-9-6-10-22-12-11-21-2)20-13-14-7-4-5-8-15(14)17/h4-5,7-8H,3,6,9-13H2,1-2H3,(H2,18,19,20). The van der Waals surface area contributed by atoms with Crippen LogP contribution in [0.3, 0.4) is 0 Å². The molecule has 1 rings (SSSR count). The zero-order chi connectivity index (χ0) is 16.0. The monoisotopic (exact) mass is 311 g/mol. The van der Waals surface area contributed by atoms with E-state index in [2.05, 4.69) is 15.6 Å². The molecule has 0 spiro atoms. The highest BCUT2D eigenvalue weighted by molar-refractivity contribution is 5.79. The lowest BCUT2D eigenvalue weighted by Gasteiger charge is -2.11. The molecule has 22 heavy (non-hydrogen) atoms. The topological polar surface area (TPSA) is 54.9 Å². The Morgan fingerprint density at radius 1 is 1.18 bits per heavy atom. The van der Waals surface area contributed by atoms with Crippen LogP contribution < -0.4 is 10.6 Å². The Balaban J connectivity index is 2.32. The first kappa shape index (κ1) is 18.4. The Hall–Kier alpha value is -1.66. The Morgan fingerprint density at radius 2 is 2.00 bits per heavy atom. The number of aliphatic imine (C=N–C) groups is 1. The second-order valence-corrected chi connectivity index (χ2v) is 4.67. The molecule has 124 valence electrons. The van der Waals surface area contributed by atoms with Crippen molar-refractivity contribution in [2.24, 2.45) is 4.99 Å². The maximum Gasteiger partial charge on any atom is 0.191 e. The maximum atomic E-state index is 13.5. The van der Waals surface area contributed by atoms with Crippen molar-refractivity contribution in [3.63, 3.8) is 0 Å². The van der Waals surface area contributed by atoms with Crippen molar-refractivity contribution in [1.29, 1.82) is 0 Å². The summed E-state index contributed by atoms with van der Waals surface area (Å²) in [6.07, 6.45) is 0.869. The Kier molecular flexibility index (Phi) is 9.98. The second-order valence-electron chi connectivity index (χ2n) is 4.67. The summed E-state index contributed by atoms with van der Waals surface area (Å²) in [6.45, 7) is 5.70. The van der Waals surface area contributed by atoms with E-state index in [1.165, 1.54) is 6.07 Å². The number of nitrogens with one attached hydrogen (secondary N) is 2. The molecule has 0 radical (unpaired) electrons. The summed E-state index contributed by atoms with van der Waals surface area (Å²) in [6, 6.07) is 6.68. The molecule has 0 atom stereocenters. The van der Waals surface area contributed by atoms with Crippen LogP contribution in [0.1, 0.15) is 18.9 Å². The van der Waals surface area contributed by atoms with Gasteiger partial charge in [-0.2, -0.15) is 0 Å². The van der Waals surface area contributed by atoms with Gasteiger partial charge in [-0.3, -0.25) is 0 Å². The quantitative estimate of drug-likeness (QED) is 0.394. The first-order valence-electron chi connectivity index (χ1n) is 7.60. The van der Waals surface area contributed by atoms with E-state index in [0.29, 0.717) is 37.9 Å². The van der Waals surface area contributed by atoms with E-state index in [-0.39, 0.29) is 5.82 Å². The molecule has 0 saturated heterocycles. The van der Waals surface area contributed by atoms with Gasteiger partial charge in [0.25, 0.3) is 0 Å². The second kappa shape index (κ2) is 11.9. The Morgan fingerprint density at radius 3 is 2.73 bits per heavy atom. The van der Waals surface area contributed by atoms with Crippen LogP contribution in [0, 0.1) is 5.82 Å². The van der Waals surface area contributed by atoms with Gasteiger partial charge in [0, 0.05) is 32.4 Å². The highest BCUT2D eigenvalue weighted by Gasteiger charge is 2.01. The number of hydrogen-bond donors (Lipinski definition) is 2. The zero-order valence-corrected chi connectivity index (χ0v) is 13.4. The van der Waals surface area contributed by atoms with Crippen molar-refractivity contribution in [2.75, 3.05) is 40.0 Å². The summed E-state index contributed by atoms with van der Waals surface area (Å²) in [5, 5.41) is 6.35. The number of guanidine groups is 1. The van der Waals surface area contributed by atoms with Crippen LogP contribution in [-0.4, -0.2) is 46.0 Å². The predicted molar refractivity (Wildman–Crippen MR) is 86.5 cm³/mol.